The Balaban J connectivity index is 4.30. The summed E-state index contributed by atoms with van der Waals surface area (Å²) in [5.74, 6) is -0.916. The van der Waals surface area contributed by atoms with Gasteiger partial charge < -0.3 is 14.2 Å². The van der Waals surface area contributed by atoms with Crippen LogP contribution >= 0.6 is 0 Å². The zero-order chi connectivity index (χ0) is 59.9. The number of hydrogen-bond acceptors (Lipinski definition) is 6. The number of rotatable bonds is 62. The summed E-state index contributed by atoms with van der Waals surface area (Å²) in [5, 5.41) is 0. The van der Waals surface area contributed by atoms with Crippen LogP contribution in [0.15, 0.2) is 134 Å². The lowest BCUT2D eigenvalue weighted by molar-refractivity contribution is -0.167. The second kappa shape index (κ2) is 70.0. The maximum atomic E-state index is 12.9. The van der Waals surface area contributed by atoms with Crippen molar-refractivity contribution in [3.8, 4) is 0 Å². The summed E-state index contributed by atoms with van der Waals surface area (Å²) in [7, 11) is 0. The highest BCUT2D eigenvalue weighted by Crippen LogP contribution is 2.16. The highest BCUT2D eigenvalue weighted by atomic mass is 16.6. The van der Waals surface area contributed by atoms with Gasteiger partial charge in [-0.1, -0.05) is 296 Å². The smallest absolute Gasteiger partial charge is 0.306 e. The molecule has 0 spiro atoms. The lowest BCUT2D eigenvalue weighted by Gasteiger charge is -2.18. The zero-order valence-corrected chi connectivity index (χ0v) is 54.2. The minimum absolute atomic E-state index is 0.0911. The van der Waals surface area contributed by atoms with E-state index in [1.54, 1.807) is 0 Å². The Morgan fingerprint density at radius 1 is 0.253 bits per heavy atom. The first kappa shape index (κ1) is 78.5. The van der Waals surface area contributed by atoms with Crippen molar-refractivity contribution in [3.63, 3.8) is 0 Å². The second-order valence-electron chi connectivity index (χ2n) is 22.7. The number of unbranched alkanes of at least 4 members (excludes halogenated alkanes) is 29. The van der Waals surface area contributed by atoms with Crippen LogP contribution in [0, 0.1) is 0 Å². The summed E-state index contributed by atoms with van der Waals surface area (Å²) in [6.45, 7) is 6.48. The minimum atomic E-state index is -0.795. The predicted octanol–water partition coefficient (Wildman–Crippen LogP) is 24.1. The summed E-state index contributed by atoms with van der Waals surface area (Å²) in [6.07, 6.45) is 99.0. The molecule has 0 aromatic rings. The van der Waals surface area contributed by atoms with Gasteiger partial charge in [0.2, 0.25) is 0 Å². The first-order chi connectivity index (χ1) is 41.0. The molecule has 0 N–H and O–H groups in total. The van der Waals surface area contributed by atoms with Crippen LogP contribution in [0.25, 0.3) is 0 Å². The van der Waals surface area contributed by atoms with Crippen molar-refractivity contribution in [2.75, 3.05) is 13.2 Å². The van der Waals surface area contributed by atoms with Crippen LogP contribution in [0.4, 0.5) is 0 Å². The third-order valence-corrected chi connectivity index (χ3v) is 14.6. The van der Waals surface area contributed by atoms with E-state index in [0.29, 0.717) is 19.3 Å². The molecule has 6 heteroatoms. The molecule has 0 rings (SSSR count). The summed E-state index contributed by atoms with van der Waals surface area (Å²) in [5.41, 5.74) is 0. The molecule has 0 aromatic heterocycles. The SMILES string of the molecule is CC/C=C\C/C=C\C/C=C\C/C=C\C/C=C\C/C=C\C/C=C\C/C=C\C/C=C\CCCCCCCC(=O)OCC(COC(=O)CCCCCCC/C=C\CCCC)OC(=O)CCCCCCCCCCC/C=C\CCCCCCCCCC. The van der Waals surface area contributed by atoms with Crippen molar-refractivity contribution in [1.82, 2.24) is 0 Å². The van der Waals surface area contributed by atoms with E-state index in [0.717, 1.165) is 148 Å². The molecule has 472 valence electrons. The Hall–Kier alpha value is -4.45. The summed E-state index contributed by atoms with van der Waals surface area (Å²) in [4.78, 5) is 38.3. The van der Waals surface area contributed by atoms with E-state index in [1.165, 1.54) is 128 Å². The maximum Gasteiger partial charge on any atom is 0.306 e. The molecule has 0 aliphatic heterocycles. The number of carbonyl (C=O) groups excluding carboxylic acids is 3. The van der Waals surface area contributed by atoms with E-state index in [2.05, 4.69) is 154 Å². The number of ether oxygens (including phenoxy) is 3. The molecule has 1 atom stereocenters. The number of esters is 3. The molecule has 1 unspecified atom stereocenters. The molecule has 0 aliphatic carbocycles. The topological polar surface area (TPSA) is 78.9 Å². The Morgan fingerprint density at radius 2 is 0.482 bits per heavy atom. The molecule has 83 heavy (non-hydrogen) atoms. The fourth-order valence-electron chi connectivity index (χ4n) is 9.41. The van der Waals surface area contributed by atoms with Gasteiger partial charge in [-0.2, -0.15) is 0 Å². The second-order valence-corrected chi connectivity index (χ2v) is 22.7. The van der Waals surface area contributed by atoms with E-state index < -0.39 is 6.10 Å². The van der Waals surface area contributed by atoms with Crippen molar-refractivity contribution < 1.29 is 28.6 Å². The largest absolute Gasteiger partial charge is 0.462 e. The third-order valence-electron chi connectivity index (χ3n) is 14.6. The standard InChI is InChI=1S/C77H128O6/c1-4-7-10-13-16-19-22-24-26-28-30-32-33-34-35-36-37-38-39-40-41-42-43-45-46-48-50-52-55-58-61-64-67-70-76(79)82-73-74(72-81-75(78)69-66-63-60-57-54-21-18-15-12-9-6-3)83-77(80)71-68-65-62-59-56-53-51-49-47-44-31-29-27-25-23-20-17-14-11-8-5-2/h7,10,15-16,18-19,24,26,29-32,34-35,37-38,40-41,43,45,48,50,74H,4-6,8-9,11-14,17,20-23,25,27-28,33,36,39,42,44,46-47,49,51-73H2,1-3H3/b10-7-,18-15-,19-16-,26-24-,31-29-,32-30-,35-34-,38-37-,41-40-,45-43-,50-48-. The molecule has 0 saturated carbocycles. The number of carbonyl (C=O) groups is 3. The number of allylic oxidation sites excluding steroid dienone is 22. The van der Waals surface area contributed by atoms with Crippen molar-refractivity contribution >= 4 is 17.9 Å². The van der Waals surface area contributed by atoms with Crippen molar-refractivity contribution in [2.24, 2.45) is 0 Å². The van der Waals surface area contributed by atoms with Crippen LogP contribution in [0.1, 0.15) is 316 Å². The first-order valence-electron chi connectivity index (χ1n) is 34.7. The molecule has 0 bridgehead atoms. The van der Waals surface area contributed by atoms with Crippen LogP contribution in [-0.4, -0.2) is 37.2 Å². The fourth-order valence-corrected chi connectivity index (χ4v) is 9.41. The van der Waals surface area contributed by atoms with Gasteiger partial charge in [-0.05, 0) is 135 Å². The number of hydrogen-bond donors (Lipinski definition) is 0. The van der Waals surface area contributed by atoms with Crippen LogP contribution < -0.4 is 0 Å². The maximum absolute atomic E-state index is 12.9. The van der Waals surface area contributed by atoms with Gasteiger partial charge in [-0.25, -0.2) is 0 Å². The van der Waals surface area contributed by atoms with Crippen molar-refractivity contribution in [1.29, 1.82) is 0 Å². The normalized spacial score (nSPS) is 13.0. The third kappa shape index (κ3) is 68.2. The molecule has 0 aromatic carbocycles. The van der Waals surface area contributed by atoms with E-state index in [9.17, 15) is 14.4 Å². The Kier molecular flexibility index (Phi) is 66.3. The van der Waals surface area contributed by atoms with Crippen LogP contribution in [-0.2, 0) is 28.6 Å². The molecule has 0 saturated heterocycles. The highest BCUT2D eigenvalue weighted by molar-refractivity contribution is 5.71. The monoisotopic (exact) mass is 1150 g/mol. The molecular weight excluding hydrogens is 1020 g/mol. The summed E-state index contributed by atoms with van der Waals surface area (Å²) < 4.78 is 16.9. The van der Waals surface area contributed by atoms with Crippen molar-refractivity contribution in [3.05, 3.63) is 134 Å². The summed E-state index contributed by atoms with van der Waals surface area (Å²) >= 11 is 0. The molecular formula is C77H128O6. The lowest BCUT2D eigenvalue weighted by atomic mass is 10.1. The lowest BCUT2D eigenvalue weighted by Crippen LogP contribution is -2.30. The molecule has 0 radical (unpaired) electrons. The van der Waals surface area contributed by atoms with Gasteiger partial charge in [0.05, 0.1) is 0 Å². The molecule has 6 nitrogen and oxygen atoms in total. The van der Waals surface area contributed by atoms with E-state index in [4.69, 9.17) is 14.2 Å². The first-order valence-corrected chi connectivity index (χ1v) is 34.7. The Morgan fingerprint density at radius 3 is 0.783 bits per heavy atom. The van der Waals surface area contributed by atoms with Gasteiger partial charge in [0.25, 0.3) is 0 Å². The average Bonchev–Trinajstić information content (AvgIpc) is 3.48. The van der Waals surface area contributed by atoms with Crippen LogP contribution in [0.5, 0.6) is 0 Å². The Bertz CT molecular complexity index is 1750. The zero-order valence-electron chi connectivity index (χ0n) is 54.2. The van der Waals surface area contributed by atoms with Gasteiger partial charge >= 0.3 is 17.9 Å². The molecule has 0 heterocycles. The van der Waals surface area contributed by atoms with Gasteiger partial charge in [0.15, 0.2) is 6.10 Å². The minimum Gasteiger partial charge on any atom is -0.462 e. The summed E-state index contributed by atoms with van der Waals surface area (Å²) in [6, 6.07) is 0. The molecule has 0 aliphatic rings. The van der Waals surface area contributed by atoms with Crippen molar-refractivity contribution in [2.45, 2.75) is 322 Å². The van der Waals surface area contributed by atoms with Gasteiger partial charge in [-0.3, -0.25) is 14.4 Å². The average molecular weight is 1150 g/mol. The predicted molar refractivity (Wildman–Crippen MR) is 362 cm³/mol. The van der Waals surface area contributed by atoms with E-state index in [1.807, 2.05) is 0 Å². The van der Waals surface area contributed by atoms with Crippen LogP contribution in [0.3, 0.4) is 0 Å². The van der Waals surface area contributed by atoms with Gasteiger partial charge in [0, 0.05) is 19.3 Å². The molecule has 0 fully saturated rings. The van der Waals surface area contributed by atoms with Gasteiger partial charge in [-0.15, -0.1) is 0 Å². The van der Waals surface area contributed by atoms with Crippen LogP contribution in [0.2, 0.25) is 0 Å². The quantitative estimate of drug-likeness (QED) is 0.0261. The highest BCUT2D eigenvalue weighted by Gasteiger charge is 2.19. The Labute approximate surface area is 513 Å². The fraction of sp³-hybridized carbons (Fsp3) is 0.675. The van der Waals surface area contributed by atoms with E-state index in [-0.39, 0.29) is 31.1 Å². The molecule has 0 amide bonds. The van der Waals surface area contributed by atoms with Gasteiger partial charge in [0.1, 0.15) is 13.2 Å². The van der Waals surface area contributed by atoms with E-state index >= 15 is 0 Å².